The lowest BCUT2D eigenvalue weighted by Gasteiger charge is -2.39. The Morgan fingerprint density at radius 1 is 1.47 bits per heavy atom. The van der Waals surface area contributed by atoms with Gasteiger partial charge in [0.25, 0.3) is 0 Å². The van der Waals surface area contributed by atoms with Crippen molar-refractivity contribution in [3.8, 4) is 0 Å². The molecular weight excluding hydrogens is 216 g/mol. The van der Waals surface area contributed by atoms with Gasteiger partial charge in [-0.15, -0.1) is 0 Å². The van der Waals surface area contributed by atoms with E-state index in [1.165, 1.54) is 12.8 Å². The standard InChI is InChI=1S/C13H28N2O2/c1-4-14-13(3,11-16)10-15-8-6-7-12(9-15)17-5-2/h12,14,16H,4-11H2,1-3H3. The molecule has 0 bridgehead atoms. The predicted molar refractivity (Wildman–Crippen MR) is 70.3 cm³/mol. The third-order valence-electron chi connectivity index (χ3n) is 3.39. The molecule has 0 aromatic carbocycles. The Morgan fingerprint density at radius 3 is 2.82 bits per heavy atom. The van der Waals surface area contributed by atoms with Gasteiger partial charge in [-0.1, -0.05) is 6.92 Å². The highest BCUT2D eigenvalue weighted by Crippen LogP contribution is 2.16. The summed E-state index contributed by atoms with van der Waals surface area (Å²) in [5, 5.41) is 12.9. The average Bonchev–Trinajstić information content (AvgIpc) is 2.30. The van der Waals surface area contributed by atoms with Crippen molar-refractivity contribution in [2.45, 2.75) is 45.3 Å². The molecule has 1 aliphatic rings. The predicted octanol–water partition coefficient (Wildman–Crippen LogP) is 0.848. The second-order valence-electron chi connectivity index (χ2n) is 5.20. The number of hydrogen-bond donors (Lipinski definition) is 2. The fourth-order valence-corrected chi connectivity index (χ4v) is 2.61. The van der Waals surface area contributed by atoms with E-state index in [1.54, 1.807) is 0 Å². The molecule has 0 amide bonds. The van der Waals surface area contributed by atoms with Crippen molar-refractivity contribution in [3.63, 3.8) is 0 Å². The fraction of sp³-hybridized carbons (Fsp3) is 1.00. The highest BCUT2D eigenvalue weighted by atomic mass is 16.5. The summed E-state index contributed by atoms with van der Waals surface area (Å²) in [6.07, 6.45) is 2.73. The molecule has 4 nitrogen and oxygen atoms in total. The van der Waals surface area contributed by atoms with Crippen LogP contribution in [0.4, 0.5) is 0 Å². The van der Waals surface area contributed by atoms with Gasteiger partial charge in [-0.05, 0) is 39.8 Å². The molecule has 2 unspecified atom stereocenters. The van der Waals surface area contributed by atoms with Gasteiger partial charge < -0.3 is 15.2 Å². The molecule has 1 rings (SSSR count). The van der Waals surface area contributed by atoms with Crippen LogP contribution in [0.2, 0.25) is 0 Å². The summed E-state index contributed by atoms with van der Waals surface area (Å²) in [6.45, 7) is 11.1. The second kappa shape index (κ2) is 7.31. The van der Waals surface area contributed by atoms with Crippen LogP contribution in [0.25, 0.3) is 0 Å². The van der Waals surface area contributed by atoms with Crippen LogP contribution in [-0.4, -0.2) is 61.0 Å². The van der Waals surface area contributed by atoms with E-state index in [1.807, 2.05) is 0 Å². The van der Waals surface area contributed by atoms with Crippen molar-refractivity contribution in [1.29, 1.82) is 0 Å². The number of ether oxygens (including phenoxy) is 1. The van der Waals surface area contributed by atoms with Gasteiger partial charge in [-0.2, -0.15) is 0 Å². The number of likely N-dealkylation sites (tertiary alicyclic amines) is 1. The van der Waals surface area contributed by atoms with Crippen LogP contribution in [0.1, 0.15) is 33.6 Å². The van der Waals surface area contributed by atoms with E-state index in [9.17, 15) is 5.11 Å². The van der Waals surface area contributed by atoms with Crippen LogP contribution >= 0.6 is 0 Å². The molecule has 17 heavy (non-hydrogen) atoms. The Labute approximate surface area is 105 Å². The Hall–Kier alpha value is -0.160. The molecule has 2 atom stereocenters. The third-order valence-corrected chi connectivity index (χ3v) is 3.39. The minimum Gasteiger partial charge on any atom is -0.394 e. The molecule has 0 saturated carbocycles. The highest BCUT2D eigenvalue weighted by molar-refractivity contribution is 4.87. The van der Waals surface area contributed by atoms with Crippen molar-refractivity contribution in [1.82, 2.24) is 10.2 Å². The van der Waals surface area contributed by atoms with Gasteiger partial charge in [0, 0.05) is 19.7 Å². The molecule has 102 valence electrons. The number of rotatable bonds is 7. The summed E-state index contributed by atoms with van der Waals surface area (Å²) >= 11 is 0. The van der Waals surface area contributed by atoms with E-state index in [0.717, 1.165) is 32.8 Å². The zero-order valence-corrected chi connectivity index (χ0v) is 11.5. The molecule has 0 radical (unpaired) electrons. The lowest BCUT2D eigenvalue weighted by molar-refractivity contribution is -0.00514. The second-order valence-corrected chi connectivity index (χ2v) is 5.20. The maximum atomic E-state index is 9.50. The van der Waals surface area contributed by atoms with Crippen molar-refractivity contribution in [3.05, 3.63) is 0 Å². The van der Waals surface area contributed by atoms with Crippen molar-refractivity contribution >= 4 is 0 Å². The Kier molecular flexibility index (Phi) is 6.41. The molecule has 1 saturated heterocycles. The maximum Gasteiger partial charge on any atom is 0.0702 e. The van der Waals surface area contributed by atoms with Gasteiger partial charge >= 0.3 is 0 Å². The highest BCUT2D eigenvalue weighted by Gasteiger charge is 2.28. The first-order valence-electron chi connectivity index (χ1n) is 6.83. The normalized spacial score (nSPS) is 25.8. The monoisotopic (exact) mass is 244 g/mol. The Morgan fingerprint density at radius 2 is 2.24 bits per heavy atom. The lowest BCUT2D eigenvalue weighted by atomic mass is 10.00. The van der Waals surface area contributed by atoms with E-state index >= 15 is 0 Å². The van der Waals surface area contributed by atoms with E-state index in [4.69, 9.17) is 4.74 Å². The largest absolute Gasteiger partial charge is 0.394 e. The van der Waals surface area contributed by atoms with Crippen molar-refractivity contribution < 1.29 is 9.84 Å². The first-order valence-corrected chi connectivity index (χ1v) is 6.83. The lowest BCUT2D eigenvalue weighted by Crippen LogP contribution is -2.56. The molecule has 0 aromatic rings. The maximum absolute atomic E-state index is 9.50. The minimum absolute atomic E-state index is 0.177. The van der Waals surface area contributed by atoms with E-state index < -0.39 is 0 Å². The summed E-state index contributed by atoms with van der Waals surface area (Å²) < 4.78 is 5.70. The van der Waals surface area contributed by atoms with Crippen molar-refractivity contribution in [2.75, 3.05) is 39.4 Å². The van der Waals surface area contributed by atoms with E-state index in [-0.39, 0.29) is 12.1 Å². The summed E-state index contributed by atoms with van der Waals surface area (Å²) in [6, 6.07) is 0. The number of aliphatic hydroxyl groups excluding tert-OH is 1. The molecule has 0 spiro atoms. The number of nitrogens with zero attached hydrogens (tertiary/aromatic N) is 1. The van der Waals surface area contributed by atoms with Crippen LogP contribution in [0.3, 0.4) is 0 Å². The zero-order valence-electron chi connectivity index (χ0n) is 11.5. The SMILES string of the molecule is CCNC(C)(CO)CN1CCCC(OCC)C1. The molecule has 4 heteroatoms. The summed E-state index contributed by atoms with van der Waals surface area (Å²) in [4.78, 5) is 2.41. The fourth-order valence-electron chi connectivity index (χ4n) is 2.61. The van der Waals surface area contributed by atoms with E-state index in [2.05, 4.69) is 31.0 Å². The number of aliphatic hydroxyl groups is 1. The number of hydrogen-bond acceptors (Lipinski definition) is 4. The van der Waals surface area contributed by atoms with Crippen LogP contribution < -0.4 is 5.32 Å². The topological polar surface area (TPSA) is 44.7 Å². The molecule has 2 N–H and O–H groups in total. The van der Waals surface area contributed by atoms with E-state index in [0.29, 0.717) is 6.10 Å². The number of nitrogens with one attached hydrogen (secondary N) is 1. The summed E-state index contributed by atoms with van der Waals surface area (Å²) in [7, 11) is 0. The Balaban J connectivity index is 2.43. The van der Waals surface area contributed by atoms with Gasteiger partial charge in [0.2, 0.25) is 0 Å². The average molecular weight is 244 g/mol. The van der Waals surface area contributed by atoms with Gasteiger partial charge in [-0.25, -0.2) is 0 Å². The molecular formula is C13H28N2O2. The first-order chi connectivity index (χ1) is 8.13. The molecule has 0 aromatic heterocycles. The molecule has 1 fully saturated rings. The van der Waals surface area contributed by atoms with Crippen LogP contribution in [0.5, 0.6) is 0 Å². The van der Waals surface area contributed by atoms with Crippen molar-refractivity contribution in [2.24, 2.45) is 0 Å². The Bertz CT molecular complexity index is 212. The molecule has 1 heterocycles. The van der Waals surface area contributed by atoms with Gasteiger partial charge in [-0.3, -0.25) is 4.90 Å². The van der Waals surface area contributed by atoms with Crippen LogP contribution in [-0.2, 0) is 4.74 Å². The minimum atomic E-state index is -0.192. The number of likely N-dealkylation sites (N-methyl/N-ethyl adjacent to an activating group) is 1. The molecule has 1 aliphatic heterocycles. The quantitative estimate of drug-likeness (QED) is 0.697. The van der Waals surface area contributed by atoms with Gasteiger partial charge in [0.05, 0.1) is 18.2 Å². The first kappa shape index (κ1) is 14.9. The third kappa shape index (κ3) is 4.92. The van der Waals surface area contributed by atoms with Crippen LogP contribution in [0.15, 0.2) is 0 Å². The van der Waals surface area contributed by atoms with Gasteiger partial charge in [0.1, 0.15) is 0 Å². The molecule has 0 aliphatic carbocycles. The number of piperidine rings is 1. The zero-order chi connectivity index (χ0) is 12.7. The smallest absolute Gasteiger partial charge is 0.0702 e. The summed E-state index contributed by atoms with van der Waals surface area (Å²) in [5.41, 5.74) is -0.192. The van der Waals surface area contributed by atoms with Gasteiger partial charge in [0.15, 0.2) is 0 Å². The summed E-state index contributed by atoms with van der Waals surface area (Å²) in [5.74, 6) is 0. The van der Waals surface area contributed by atoms with Crippen LogP contribution in [0, 0.1) is 0 Å².